The predicted molar refractivity (Wildman–Crippen MR) is 79.4 cm³/mol. The summed E-state index contributed by atoms with van der Waals surface area (Å²) in [4.78, 5) is 2.23. The van der Waals surface area contributed by atoms with E-state index in [1.54, 1.807) is 0 Å². The number of morpholine rings is 1. The van der Waals surface area contributed by atoms with E-state index < -0.39 is 6.10 Å². The SMILES string of the molecule is CCOc1ccccc1NCC(O)CN1CCOCC1. The fraction of sp³-hybridized carbons (Fsp3) is 0.600. The molecular formula is C15H24N2O3. The lowest BCUT2D eigenvalue weighted by Gasteiger charge is -2.28. The number of benzene rings is 1. The molecule has 0 bridgehead atoms. The van der Waals surface area contributed by atoms with Crippen LogP contribution in [0, 0.1) is 0 Å². The molecule has 5 heteroatoms. The van der Waals surface area contributed by atoms with Crippen LogP contribution in [0.25, 0.3) is 0 Å². The molecule has 5 nitrogen and oxygen atoms in total. The van der Waals surface area contributed by atoms with Gasteiger partial charge in [0.05, 0.1) is 31.6 Å². The molecule has 2 N–H and O–H groups in total. The van der Waals surface area contributed by atoms with Crippen LogP contribution in [0.3, 0.4) is 0 Å². The van der Waals surface area contributed by atoms with Crippen LogP contribution >= 0.6 is 0 Å². The Hall–Kier alpha value is -1.30. The first-order valence-corrected chi connectivity index (χ1v) is 7.23. The minimum atomic E-state index is -0.400. The fourth-order valence-electron chi connectivity index (χ4n) is 2.27. The van der Waals surface area contributed by atoms with Crippen LogP contribution < -0.4 is 10.1 Å². The van der Waals surface area contributed by atoms with Gasteiger partial charge in [-0.1, -0.05) is 12.1 Å². The van der Waals surface area contributed by atoms with Crippen molar-refractivity contribution in [3.8, 4) is 5.75 Å². The zero-order valence-electron chi connectivity index (χ0n) is 12.0. The van der Waals surface area contributed by atoms with Gasteiger partial charge < -0.3 is 19.9 Å². The molecule has 1 fully saturated rings. The first-order valence-electron chi connectivity index (χ1n) is 7.23. The molecule has 1 aliphatic heterocycles. The summed E-state index contributed by atoms with van der Waals surface area (Å²) in [6.45, 7) is 7.09. The number of β-amino-alcohol motifs (C(OH)–C–C–N with tert-alkyl or cyclic N) is 1. The number of ether oxygens (including phenoxy) is 2. The molecule has 0 saturated carbocycles. The van der Waals surface area contributed by atoms with Gasteiger partial charge in [-0.25, -0.2) is 0 Å². The first kappa shape index (κ1) is 15.1. The quantitative estimate of drug-likeness (QED) is 0.786. The van der Waals surface area contributed by atoms with Gasteiger partial charge in [0.2, 0.25) is 0 Å². The maximum absolute atomic E-state index is 10.1. The van der Waals surface area contributed by atoms with E-state index in [0.717, 1.165) is 37.7 Å². The smallest absolute Gasteiger partial charge is 0.142 e. The van der Waals surface area contributed by atoms with Crippen molar-refractivity contribution in [2.24, 2.45) is 0 Å². The topological polar surface area (TPSA) is 54.0 Å². The third kappa shape index (κ3) is 4.67. The summed E-state index contributed by atoms with van der Waals surface area (Å²) in [7, 11) is 0. The van der Waals surface area contributed by atoms with Gasteiger partial charge in [0.25, 0.3) is 0 Å². The van der Waals surface area contributed by atoms with Crippen molar-refractivity contribution in [3.63, 3.8) is 0 Å². The fourth-order valence-corrected chi connectivity index (χ4v) is 2.27. The van der Waals surface area contributed by atoms with Crippen LogP contribution in [0.5, 0.6) is 5.75 Å². The van der Waals surface area contributed by atoms with Crippen LogP contribution in [0.1, 0.15) is 6.92 Å². The molecule has 0 aromatic heterocycles. The zero-order chi connectivity index (χ0) is 14.2. The van der Waals surface area contributed by atoms with Crippen molar-refractivity contribution in [3.05, 3.63) is 24.3 Å². The number of anilines is 1. The lowest BCUT2D eigenvalue weighted by atomic mass is 10.2. The van der Waals surface area contributed by atoms with E-state index in [1.165, 1.54) is 0 Å². The first-order chi connectivity index (χ1) is 9.79. The molecule has 20 heavy (non-hydrogen) atoms. The van der Waals surface area contributed by atoms with Gasteiger partial charge >= 0.3 is 0 Å². The maximum atomic E-state index is 10.1. The van der Waals surface area contributed by atoms with Crippen molar-refractivity contribution < 1.29 is 14.6 Å². The summed E-state index contributed by atoms with van der Waals surface area (Å²) < 4.78 is 10.8. The number of nitrogens with zero attached hydrogens (tertiary/aromatic N) is 1. The van der Waals surface area contributed by atoms with Crippen LogP contribution in [0.15, 0.2) is 24.3 Å². The third-order valence-corrected chi connectivity index (χ3v) is 3.29. The molecule has 0 spiro atoms. The van der Waals surface area contributed by atoms with Gasteiger partial charge in [-0.15, -0.1) is 0 Å². The Morgan fingerprint density at radius 1 is 1.35 bits per heavy atom. The van der Waals surface area contributed by atoms with E-state index in [4.69, 9.17) is 9.47 Å². The van der Waals surface area contributed by atoms with E-state index in [2.05, 4.69) is 10.2 Å². The second-order valence-electron chi connectivity index (χ2n) is 4.88. The number of rotatable bonds is 7. The van der Waals surface area contributed by atoms with Crippen molar-refractivity contribution in [2.75, 3.05) is 51.3 Å². The zero-order valence-corrected chi connectivity index (χ0v) is 12.0. The van der Waals surface area contributed by atoms with Crippen molar-refractivity contribution in [1.82, 2.24) is 4.90 Å². The highest BCUT2D eigenvalue weighted by atomic mass is 16.5. The number of aliphatic hydroxyl groups excluding tert-OH is 1. The summed E-state index contributed by atoms with van der Waals surface area (Å²) in [5.41, 5.74) is 0.926. The van der Waals surface area contributed by atoms with Crippen LogP contribution in [-0.2, 0) is 4.74 Å². The number of para-hydroxylation sites is 2. The Bertz CT molecular complexity index is 394. The number of nitrogens with one attached hydrogen (secondary N) is 1. The molecule has 1 aromatic rings. The molecular weight excluding hydrogens is 256 g/mol. The van der Waals surface area contributed by atoms with E-state index in [0.29, 0.717) is 19.7 Å². The van der Waals surface area contributed by atoms with Gasteiger partial charge in [-0.3, -0.25) is 4.90 Å². The maximum Gasteiger partial charge on any atom is 0.142 e. The van der Waals surface area contributed by atoms with E-state index in [1.807, 2.05) is 31.2 Å². The van der Waals surface area contributed by atoms with Gasteiger partial charge in [0.15, 0.2) is 0 Å². The molecule has 112 valence electrons. The lowest BCUT2D eigenvalue weighted by molar-refractivity contribution is 0.0171. The molecule has 2 rings (SSSR count). The van der Waals surface area contributed by atoms with Gasteiger partial charge in [-0.2, -0.15) is 0 Å². The number of hydrogen-bond donors (Lipinski definition) is 2. The highest BCUT2D eigenvalue weighted by Gasteiger charge is 2.15. The van der Waals surface area contributed by atoms with Gasteiger partial charge in [-0.05, 0) is 19.1 Å². The van der Waals surface area contributed by atoms with Crippen molar-refractivity contribution in [1.29, 1.82) is 0 Å². The lowest BCUT2D eigenvalue weighted by Crippen LogP contribution is -2.42. The Kier molecular flexibility index (Phi) is 6.11. The Morgan fingerprint density at radius 2 is 2.10 bits per heavy atom. The minimum absolute atomic E-state index is 0.400. The summed E-state index contributed by atoms with van der Waals surface area (Å²) in [6, 6.07) is 7.80. The normalized spacial score (nSPS) is 17.7. The van der Waals surface area contributed by atoms with E-state index in [-0.39, 0.29) is 0 Å². The molecule has 0 aliphatic carbocycles. The second-order valence-corrected chi connectivity index (χ2v) is 4.88. The highest BCUT2D eigenvalue weighted by Crippen LogP contribution is 2.23. The molecule has 1 saturated heterocycles. The van der Waals surface area contributed by atoms with Crippen LogP contribution in [-0.4, -0.2) is 62.1 Å². The van der Waals surface area contributed by atoms with Crippen LogP contribution in [0.2, 0.25) is 0 Å². The number of aliphatic hydroxyl groups is 1. The highest BCUT2D eigenvalue weighted by molar-refractivity contribution is 5.56. The average molecular weight is 280 g/mol. The Morgan fingerprint density at radius 3 is 2.85 bits per heavy atom. The molecule has 1 atom stereocenters. The van der Waals surface area contributed by atoms with Gasteiger partial charge in [0, 0.05) is 26.2 Å². The molecule has 1 unspecified atom stereocenters. The largest absolute Gasteiger partial charge is 0.492 e. The molecule has 0 amide bonds. The molecule has 1 heterocycles. The molecule has 1 aromatic carbocycles. The Labute approximate surface area is 120 Å². The molecule has 1 aliphatic rings. The predicted octanol–water partition coefficient (Wildman–Crippen LogP) is 1.19. The average Bonchev–Trinajstić information content (AvgIpc) is 2.48. The van der Waals surface area contributed by atoms with Crippen LogP contribution in [0.4, 0.5) is 5.69 Å². The summed E-state index contributed by atoms with van der Waals surface area (Å²) in [5, 5.41) is 13.4. The minimum Gasteiger partial charge on any atom is -0.492 e. The third-order valence-electron chi connectivity index (χ3n) is 3.29. The van der Waals surface area contributed by atoms with E-state index in [9.17, 15) is 5.11 Å². The Balaban J connectivity index is 1.78. The van der Waals surface area contributed by atoms with Crippen molar-refractivity contribution in [2.45, 2.75) is 13.0 Å². The standard InChI is InChI=1S/C15H24N2O3/c1-2-20-15-6-4-3-5-14(15)16-11-13(18)12-17-7-9-19-10-8-17/h3-6,13,16,18H,2,7-12H2,1H3. The molecule has 0 radical (unpaired) electrons. The number of hydrogen-bond acceptors (Lipinski definition) is 5. The summed E-state index contributed by atoms with van der Waals surface area (Å²) >= 11 is 0. The van der Waals surface area contributed by atoms with Gasteiger partial charge in [0.1, 0.15) is 5.75 Å². The van der Waals surface area contributed by atoms with Crippen molar-refractivity contribution >= 4 is 5.69 Å². The summed E-state index contributed by atoms with van der Waals surface area (Å²) in [5.74, 6) is 0.827. The monoisotopic (exact) mass is 280 g/mol. The van der Waals surface area contributed by atoms with E-state index >= 15 is 0 Å². The second kappa shape index (κ2) is 8.09. The summed E-state index contributed by atoms with van der Waals surface area (Å²) in [6.07, 6.45) is -0.400.